The number of hydrogen-bond acceptors (Lipinski definition) is 4. The Morgan fingerprint density at radius 1 is 1.22 bits per heavy atom. The van der Waals surface area contributed by atoms with Gasteiger partial charge in [-0.25, -0.2) is 8.42 Å². The second-order valence-corrected chi connectivity index (χ2v) is 6.60. The van der Waals surface area contributed by atoms with Gasteiger partial charge in [0.05, 0.1) is 11.4 Å². The smallest absolute Gasteiger partial charge is 0.251 e. The maximum atomic E-state index is 12.0. The number of rotatable bonds is 9. The Labute approximate surface area is 138 Å². The average molecular weight is 337 g/mol. The quantitative estimate of drug-likeness (QED) is 0.649. The minimum atomic E-state index is -3.63. The van der Waals surface area contributed by atoms with Crippen molar-refractivity contribution >= 4 is 15.9 Å². The van der Waals surface area contributed by atoms with Crippen LogP contribution in [0, 0.1) is 12.3 Å². The molecule has 0 radical (unpaired) electrons. The molecular formula is C16H23N3O3S. The molecule has 0 aliphatic heterocycles. The van der Waals surface area contributed by atoms with Gasteiger partial charge in [-0.1, -0.05) is 19.8 Å². The third kappa shape index (κ3) is 6.02. The topological polar surface area (TPSA) is 78.5 Å². The first-order chi connectivity index (χ1) is 10.9. The highest BCUT2D eigenvalue weighted by Gasteiger charge is 2.14. The summed E-state index contributed by atoms with van der Waals surface area (Å²) in [5.74, 6) is 1.98. The molecule has 2 N–H and O–H groups in total. The van der Waals surface area contributed by atoms with Crippen molar-refractivity contribution in [3.8, 4) is 12.3 Å². The molecule has 23 heavy (non-hydrogen) atoms. The molecule has 0 unspecified atom stereocenters. The number of terminal acetylenes is 1. The fourth-order valence-corrected chi connectivity index (χ4v) is 2.91. The SMILES string of the molecule is C#CCNS(=O)(=O)c1ccc(C(=O)NCCN(CC)CC)cc1. The van der Waals surface area contributed by atoms with E-state index in [-0.39, 0.29) is 17.3 Å². The summed E-state index contributed by atoms with van der Waals surface area (Å²) in [6.45, 7) is 7.26. The minimum absolute atomic E-state index is 0.0735. The molecule has 0 bridgehead atoms. The third-order valence-electron chi connectivity index (χ3n) is 3.40. The second-order valence-electron chi connectivity index (χ2n) is 4.84. The number of hydrogen-bond donors (Lipinski definition) is 2. The van der Waals surface area contributed by atoms with Crippen LogP contribution in [0.4, 0.5) is 0 Å². The summed E-state index contributed by atoms with van der Waals surface area (Å²) in [5, 5.41) is 2.82. The van der Waals surface area contributed by atoms with E-state index in [4.69, 9.17) is 6.42 Å². The van der Waals surface area contributed by atoms with Crippen molar-refractivity contribution < 1.29 is 13.2 Å². The lowest BCUT2D eigenvalue weighted by molar-refractivity contribution is 0.0949. The Morgan fingerprint density at radius 3 is 2.35 bits per heavy atom. The zero-order chi connectivity index (χ0) is 17.3. The van der Waals surface area contributed by atoms with Crippen LogP contribution in [0.5, 0.6) is 0 Å². The van der Waals surface area contributed by atoms with Crippen LogP contribution >= 0.6 is 0 Å². The number of carbonyl (C=O) groups excluding carboxylic acids is 1. The minimum Gasteiger partial charge on any atom is -0.351 e. The fourth-order valence-electron chi connectivity index (χ4n) is 1.97. The summed E-state index contributed by atoms with van der Waals surface area (Å²) in [7, 11) is -3.63. The van der Waals surface area contributed by atoms with Crippen LogP contribution in [0.3, 0.4) is 0 Å². The van der Waals surface area contributed by atoms with E-state index in [2.05, 4.69) is 34.7 Å². The molecule has 1 aromatic carbocycles. The Hall–Kier alpha value is -1.88. The summed E-state index contributed by atoms with van der Waals surface area (Å²) in [4.78, 5) is 14.3. The third-order valence-corrected chi connectivity index (χ3v) is 4.82. The summed E-state index contributed by atoms with van der Waals surface area (Å²) < 4.78 is 26.0. The molecule has 0 atom stereocenters. The maximum Gasteiger partial charge on any atom is 0.251 e. The fraction of sp³-hybridized carbons (Fsp3) is 0.438. The van der Waals surface area contributed by atoms with Gasteiger partial charge in [-0.2, -0.15) is 4.72 Å². The van der Waals surface area contributed by atoms with Crippen molar-refractivity contribution in [2.45, 2.75) is 18.7 Å². The molecular weight excluding hydrogens is 314 g/mol. The molecule has 0 aliphatic rings. The molecule has 0 spiro atoms. The summed E-state index contributed by atoms with van der Waals surface area (Å²) in [6, 6.07) is 5.74. The van der Waals surface area contributed by atoms with Crippen LogP contribution in [-0.4, -0.2) is 51.9 Å². The predicted octanol–water partition coefficient (Wildman–Crippen LogP) is 0.670. The highest BCUT2D eigenvalue weighted by molar-refractivity contribution is 7.89. The first-order valence-corrected chi connectivity index (χ1v) is 8.96. The molecule has 0 aliphatic carbocycles. The van der Waals surface area contributed by atoms with Crippen LogP contribution in [0.15, 0.2) is 29.2 Å². The number of nitrogens with one attached hydrogen (secondary N) is 2. The van der Waals surface area contributed by atoms with Gasteiger partial charge in [0, 0.05) is 18.7 Å². The predicted molar refractivity (Wildman–Crippen MR) is 90.6 cm³/mol. The highest BCUT2D eigenvalue weighted by Crippen LogP contribution is 2.10. The van der Waals surface area contributed by atoms with Crippen LogP contribution < -0.4 is 10.0 Å². The lowest BCUT2D eigenvalue weighted by Gasteiger charge is -2.17. The molecule has 7 heteroatoms. The van der Waals surface area contributed by atoms with Crippen LogP contribution in [-0.2, 0) is 10.0 Å². The highest BCUT2D eigenvalue weighted by atomic mass is 32.2. The molecule has 0 saturated carbocycles. The van der Waals surface area contributed by atoms with Crippen molar-refractivity contribution in [1.82, 2.24) is 14.9 Å². The number of likely N-dealkylation sites (N-methyl/N-ethyl adjacent to an activating group) is 1. The van der Waals surface area contributed by atoms with Gasteiger partial charge in [0.2, 0.25) is 10.0 Å². The zero-order valence-electron chi connectivity index (χ0n) is 13.5. The Balaban J connectivity index is 2.63. The number of nitrogens with zero attached hydrogens (tertiary/aromatic N) is 1. The Kier molecular flexibility index (Phi) is 7.75. The Bertz CT molecular complexity index is 644. The van der Waals surface area contributed by atoms with Gasteiger partial charge in [-0.15, -0.1) is 6.42 Å². The van der Waals surface area contributed by atoms with Crippen molar-refractivity contribution in [3.63, 3.8) is 0 Å². The molecule has 1 amide bonds. The molecule has 0 fully saturated rings. The van der Waals surface area contributed by atoms with E-state index in [9.17, 15) is 13.2 Å². The van der Waals surface area contributed by atoms with E-state index < -0.39 is 10.0 Å². The Morgan fingerprint density at radius 2 is 1.83 bits per heavy atom. The number of sulfonamides is 1. The standard InChI is InChI=1S/C16H23N3O3S/c1-4-11-18-23(21,22)15-9-7-14(8-10-15)16(20)17-12-13-19(5-2)6-3/h1,7-10,18H,5-6,11-13H2,2-3H3,(H,17,20). The van der Waals surface area contributed by atoms with E-state index in [1.807, 2.05) is 0 Å². The van der Waals surface area contributed by atoms with Crippen LogP contribution in [0.1, 0.15) is 24.2 Å². The number of carbonyl (C=O) groups is 1. The van der Waals surface area contributed by atoms with Gasteiger partial charge in [-0.05, 0) is 37.4 Å². The average Bonchev–Trinajstić information content (AvgIpc) is 2.57. The molecule has 126 valence electrons. The van der Waals surface area contributed by atoms with Gasteiger partial charge in [0.1, 0.15) is 0 Å². The van der Waals surface area contributed by atoms with Crippen LogP contribution in [0.2, 0.25) is 0 Å². The normalized spacial score (nSPS) is 11.2. The molecule has 0 saturated heterocycles. The van der Waals surface area contributed by atoms with Crippen molar-refractivity contribution in [1.29, 1.82) is 0 Å². The van der Waals surface area contributed by atoms with E-state index >= 15 is 0 Å². The van der Waals surface area contributed by atoms with Gasteiger partial charge in [0.15, 0.2) is 0 Å². The van der Waals surface area contributed by atoms with Gasteiger partial charge < -0.3 is 10.2 Å². The van der Waals surface area contributed by atoms with Gasteiger partial charge in [-0.3, -0.25) is 4.79 Å². The second kappa shape index (κ2) is 9.30. The van der Waals surface area contributed by atoms with E-state index in [0.29, 0.717) is 12.1 Å². The first-order valence-electron chi connectivity index (χ1n) is 7.48. The van der Waals surface area contributed by atoms with Crippen molar-refractivity contribution in [2.75, 3.05) is 32.7 Å². The number of benzene rings is 1. The summed E-state index contributed by atoms with van der Waals surface area (Å²) in [6.07, 6.45) is 5.03. The summed E-state index contributed by atoms with van der Waals surface area (Å²) >= 11 is 0. The van der Waals surface area contributed by atoms with Gasteiger partial charge in [0.25, 0.3) is 5.91 Å². The monoisotopic (exact) mass is 337 g/mol. The number of amides is 1. The first kappa shape index (κ1) is 19.2. The van der Waals surface area contributed by atoms with E-state index in [1.54, 1.807) is 0 Å². The largest absolute Gasteiger partial charge is 0.351 e. The maximum absolute atomic E-state index is 12.0. The van der Waals surface area contributed by atoms with Crippen molar-refractivity contribution in [2.24, 2.45) is 0 Å². The molecule has 6 nitrogen and oxygen atoms in total. The summed E-state index contributed by atoms with van der Waals surface area (Å²) in [5.41, 5.74) is 0.417. The zero-order valence-corrected chi connectivity index (χ0v) is 14.3. The molecule has 0 heterocycles. The van der Waals surface area contributed by atoms with Crippen LogP contribution in [0.25, 0.3) is 0 Å². The molecule has 0 aromatic heterocycles. The van der Waals surface area contributed by atoms with Crippen molar-refractivity contribution in [3.05, 3.63) is 29.8 Å². The molecule has 1 rings (SSSR count). The lowest BCUT2D eigenvalue weighted by Crippen LogP contribution is -2.34. The van der Waals surface area contributed by atoms with Gasteiger partial charge >= 0.3 is 0 Å². The van der Waals surface area contributed by atoms with E-state index in [0.717, 1.165) is 19.6 Å². The lowest BCUT2D eigenvalue weighted by atomic mass is 10.2. The van der Waals surface area contributed by atoms with E-state index in [1.165, 1.54) is 24.3 Å². The molecule has 1 aromatic rings.